The molecule has 1 aromatic heterocycles. The summed E-state index contributed by atoms with van der Waals surface area (Å²) in [7, 11) is 1.59. The minimum Gasteiger partial charge on any atom is -0.472 e. The Bertz CT molecular complexity index is 782. The average Bonchev–Trinajstić information content (AvgIpc) is 2.70. The number of benzene rings is 1. The number of fused-ring (bicyclic) bond motifs is 1. The Kier molecular flexibility index (Phi) is 6.38. The molecule has 0 aliphatic carbocycles. The van der Waals surface area contributed by atoms with Gasteiger partial charge in [-0.05, 0) is 18.6 Å². The molecule has 0 bridgehead atoms. The summed E-state index contributed by atoms with van der Waals surface area (Å²) >= 11 is 0. The molecule has 0 saturated carbocycles. The molecule has 2 heterocycles. The van der Waals surface area contributed by atoms with Crippen LogP contribution in [0.15, 0.2) is 48.7 Å². The highest BCUT2D eigenvalue weighted by atomic mass is 16.5. The van der Waals surface area contributed by atoms with Gasteiger partial charge >= 0.3 is 0 Å². The fourth-order valence-corrected chi connectivity index (χ4v) is 2.93. The van der Waals surface area contributed by atoms with Gasteiger partial charge < -0.3 is 14.8 Å². The zero-order valence-corrected chi connectivity index (χ0v) is 15.3. The first-order valence-corrected chi connectivity index (χ1v) is 8.94. The van der Waals surface area contributed by atoms with Crippen molar-refractivity contribution in [2.75, 3.05) is 31.7 Å². The maximum absolute atomic E-state index is 13.0. The van der Waals surface area contributed by atoms with Crippen molar-refractivity contribution in [2.45, 2.75) is 18.9 Å². The van der Waals surface area contributed by atoms with Gasteiger partial charge in [-0.2, -0.15) is 0 Å². The van der Waals surface area contributed by atoms with Gasteiger partial charge in [0.05, 0.1) is 6.61 Å². The molecular weight excluding hydrogens is 346 g/mol. The molecule has 0 saturated heterocycles. The number of aromatic nitrogens is 1. The van der Waals surface area contributed by atoms with E-state index in [9.17, 15) is 9.59 Å². The summed E-state index contributed by atoms with van der Waals surface area (Å²) in [5.74, 6) is 0.825. The van der Waals surface area contributed by atoms with Crippen LogP contribution in [-0.2, 0) is 14.3 Å². The molecular formula is C20H23N3O4. The number of nitrogens with one attached hydrogen (secondary N) is 1. The second-order valence-corrected chi connectivity index (χ2v) is 6.17. The summed E-state index contributed by atoms with van der Waals surface area (Å²) in [6.45, 7) is 1.35. The van der Waals surface area contributed by atoms with Crippen molar-refractivity contribution < 1.29 is 19.1 Å². The third kappa shape index (κ3) is 4.62. The second kappa shape index (κ2) is 9.14. The lowest BCUT2D eigenvalue weighted by Gasteiger charge is -2.33. The minimum absolute atomic E-state index is 0.0615. The summed E-state index contributed by atoms with van der Waals surface area (Å²) in [5.41, 5.74) is 0.791. The van der Waals surface area contributed by atoms with Crippen LogP contribution in [0.5, 0.6) is 5.75 Å². The first-order valence-electron chi connectivity index (χ1n) is 8.94. The average molecular weight is 369 g/mol. The van der Waals surface area contributed by atoms with Gasteiger partial charge in [-0.15, -0.1) is 0 Å². The molecule has 2 amide bonds. The van der Waals surface area contributed by atoms with Crippen LogP contribution in [0.25, 0.3) is 0 Å². The molecule has 7 heteroatoms. The van der Waals surface area contributed by atoms with Gasteiger partial charge in [0.15, 0.2) is 11.6 Å². The van der Waals surface area contributed by atoms with Gasteiger partial charge in [0.2, 0.25) is 12.0 Å². The van der Waals surface area contributed by atoms with E-state index in [4.69, 9.17) is 9.47 Å². The molecule has 0 spiro atoms. The Morgan fingerprint density at radius 3 is 2.85 bits per heavy atom. The Morgan fingerprint density at radius 2 is 2.07 bits per heavy atom. The summed E-state index contributed by atoms with van der Waals surface area (Å²) in [6.07, 6.45) is 1.77. The number of nitrogens with zero attached hydrogens (tertiary/aromatic N) is 2. The van der Waals surface area contributed by atoms with Crippen LogP contribution in [0, 0.1) is 0 Å². The van der Waals surface area contributed by atoms with Crippen LogP contribution < -0.4 is 15.0 Å². The van der Waals surface area contributed by atoms with Gasteiger partial charge in [-0.3, -0.25) is 14.5 Å². The van der Waals surface area contributed by atoms with E-state index in [0.717, 1.165) is 5.56 Å². The van der Waals surface area contributed by atoms with Crippen LogP contribution in [-0.4, -0.2) is 43.6 Å². The standard InChI is InChI=1S/C20H23N3O4/c1-26-14-12-21-17(24)10-6-13-23-19-16(9-5-11-22-19)27-18(20(23)25)15-7-3-2-4-8-15/h2-5,7-9,11,18H,6,10,12-14H2,1H3,(H,21,24)/t18-/m0/s1. The molecule has 1 aromatic carbocycles. The van der Waals surface area contributed by atoms with E-state index in [1.807, 2.05) is 30.3 Å². The minimum atomic E-state index is -0.710. The molecule has 142 valence electrons. The van der Waals surface area contributed by atoms with E-state index in [2.05, 4.69) is 10.3 Å². The molecule has 1 atom stereocenters. The van der Waals surface area contributed by atoms with Crippen molar-refractivity contribution >= 4 is 17.6 Å². The highest BCUT2D eigenvalue weighted by Crippen LogP contribution is 2.37. The number of amides is 2. The maximum Gasteiger partial charge on any atom is 0.274 e. The van der Waals surface area contributed by atoms with Crippen LogP contribution >= 0.6 is 0 Å². The monoisotopic (exact) mass is 369 g/mol. The third-order valence-corrected chi connectivity index (χ3v) is 4.26. The number of carbonyl (C=O) groups excluding carboxylic acids is 2. The zero-order chi connectivity index (χ0) is 19.1. The van der Waals surface area contributed by atoms with Crippen LogP contribution in [0.2, 0.25) is 0 Å². The number of methoxy groups -OCH3 is 1. The third-order valence-electron chi connectivity index (χ3n) is 4.26. The molecule has 1 aliphatic rings. The van der Waals surface area contributed by atoms with Gasteiger partial charge in [-0.25, -0.2) is 4.98 Å². The van der Waals surface area contributed by atoms with Gasteiger partial charge in [0.1, 0.15) is 0 Å². The predicted molar refractivity (Wildman–Crippen MR) is 101 cm³/mol. The lowest BCUT2D eigenvalue weighted by Crippen LogP contribution is -2.42. The normalized spacial score (nSPS) is 15.8. The lowest BCUT2D eigenvalue weighted by molar-refractivity contribution is -0.127. The molecule has 0 fully saturated rings. The molecule has 3 rings (SSSR count). The number of pyridine rings is 1. The highest BCUT2D eigenvalue weighted by molar-refractivity contribution is 5.99. The topological polar surface area (TPSA) is 80.8 Å². The summed E-state index contributed by atoms with van der Waals surface area (Å²) in [4.78, 5) is 30.8. The van der Waals surface area contributed by atoms with Gasteiger partial charge in [0.25, 0.3) is 5.91 Å². The zero-order valence-electron chi connectivity index (χ0n) is 15.3. The van der Waals surface area contributed by atoms with Crippen molar-refractivity contribution in [1.29, 1.82) is 0 Å². The number of carbonyl (C=O) groups is 2. The van der Waals surface area contributed by atoms with E-state index in [-0.39, 0.29) is 11.8 Å². The molecule has 7 nitrogen and oxygen atoms in total. The van der Waals surface area contributed by atoms with Crippen LogP contribution in [0.3, 0.4) is 0 Å². The summed E-state index contributed by atoms with van der Waals surface area (Å²) < 4.78 is 10.8. The Labute approximate surface area is 158 Å². The largest absolute Gasteiger partial charge is 0.472 e. The maximum atomic E-state index is 13.0. The van der Waals surface area contributed by atoms with Gasteiger partial charge in [0, 0.05) is 38.4 Å². The molecule has 1 N–H and O–H groups in total. The smallest absolute Gasteiger partial charge is 0.274 e. The van der Waals surface area contributed by atoms with E-state index in [1.54, 1.807) is 30.3 Å². The fourth-order valence-electron chi connectivity index (χ4n) is 2.93. The van der Waals surface area contributed by atoms with E-state index in [0.29, 0.717) is 44.1 Å². The molecule has 1 aliphatic heterocycles. The second-order valence-electron chi connectivity index (χ2n) is 6.17. The van der Waals surface area contributed by atoms with Gasteiger partial charge in [-0.1, -0.05) is 30.3 Å². The quantitative estimate of drug-likeness (QED) is 0.721. The first kappa shape index (κ1) is 18.8. The molecule has 27 heavy (non-hydrogen) atoms. The Morgan fingerprint density at radius 1 is 1.26 bits per heavy atom. The van der Waals surface area contributed by atoms with Crippen LogP contribution in [0.4, 0.5) is 5.82 Å². The lowest BCUT2D eigenvalue weighted by atomic mass is 10.1. The molecule has 2 aromatic rings. The van der Waals surface area contributed by atoms with E-state index in [1.165, 1.54) is 0 Å². The Hall–Kier alpha value is -2.93. The number of ether oxygens (including phenoxy) is 2. The van der Waals surface area contributed by atoms with Crippen molar-refractivity contribution in [3.8, 4) is 5.75 Å². The molecule has 0 radical (unpaired) electrons. The van der Waals surface area contributed by atoms with E-state index < -0.39 is 6.10 Å². The fraction of sp³-hybridized carbons (Fsp3) is 0.350. The summed E-state index contributed by atoms with van der Waals surface area (Å²) in [6, 6.07) is 13.0. The number of hydrogen-bond acceptors (Lipinski definition) is 5. The SMILES string of the molecule is COCCNC(=O)CCCN1C(=O)[C@H](c2ccccc2)Oc2cccnc21. The first-order chi connectivity index (χ1) is 13.2. The number of anilines is 1. The van der Waals surface area contributed by atoms with Crippen molar-refractivity contribution in [2.24, 2.45) is 0 Å². The van der Waals surface area contributed by atoms with Crippen LogP contribution in [0.1, 0.15) is 24.5 Å². The van der Waals surface area contributed by atoms with Crippen molar-refractivity contribution in [3.05, 3.63) is 54.2 Å². The summed E-state index contributed by atoms with van der Waals surface area (Å²) in [5, 5.41) is 2.78. The van der Waals surface area contributed by atoms with Crippen molar-refractivity contribution in [1.82, 2.24) is 10.3 Å². The molecule has 0 unspecified atom stereocenters. The number of rotatable bonds is 8. The van der Waals surface area contributed by atoms with E-state index >= 15 is 0 Å². The predicted octanol–water partition coefficient (Wildman–Crippen LogP) is 2.09. The van der Waals surface area contributed by atoms with Crippen molar-refractivity contribution in [3.63, 3.8) is 0 Å². The Balaban J connectivity index is 1.69. The number of hydrogen-bond donors (Lipinski definition) is 1. The highest BCUT2D eigenvalue weighted by Gasteiger charge is 2.36.